The van der Waals surface area contributed by atoms with Crippen molar-refractivity contribution in [3.8, 4) is 11.1 Å². The van der Waals surface area contributed by atoms with E-state index in [0.29, 0.717) is 0 Å². The molecule has 0 aliphatic carbocycles. The highest BCUT2D eigenvalue weighted by molar-refractivity contribution is 7.73. The van der Waals surface area contributed by atoms with Gasteiger partial charge in [0.2, 0.25) is 0 Å². The summed E-state index contributed by atoms with van der Waals surface area (Å²) in [4.78, 5) is 0. The third kappa shape index (κ3) is 4.54. The summed E-state index contributed by atoms with van der Waals surface area (Å²) in [6.45, 7) is 0. The average Bonchev–Trinajstić information content (AvgIpc) is 2.76. The zero-order valence-electron chi connectivity index (χ0n) is 15.3. The van der Waals surface area contributed by atoms with Crippen molar-refractivity contribution in [1.82, 2.24) is 0 Å². The predicted molar refractivity (Wildman–Crippen MR) is 120 cm³/mol. The number of rotatable bonds is 6. The maximum atomic E-state index is 2.28. The molecule has 0 saturated carbocycles. The Labute approximate surface area is 163 Å². The van der Waals surface area contributed by atoms with Gasteiger partial charge < -0.3 is 0 Å². The largest absolute Gasteiger partial charge is 0.0622 e. The Bertz CT molecular complexity index is 906. The van der Waals surface area contributed by atoms with E-state index < -0.39 is 0 Å². The van der Waals surface area contributed by atoms with Crippen LogP contribution < -0.4 is 10.6 Å². The Hall–Kier alpha value is -2.69. The van der Waals surface area contributed by atoms with Gasteiger partial charge in [-0.2, -0.15) is 0 Å². The van der Waals surface area contributed by atoms with Crippen LogP contribution in [0.2, 0.25) is 0 Å². The van der Waals surface area contributed by atoms with Crippen LogP contribution in [-0.4, -0.2) is 6.16 Å². The summed E-state index contributed by atoms with van der Waals surface area (Å²) < 4.78 is 0. The van der Waals surface area contributed by atoms with Crippen LogP contribution >= 0.6 is 7.92 Å². The smallest absolute Gasteiger partial charge is 0.0184 e. The summed E-state index contributed by atoms with van der Waals surface area (Å²) >= 11 is 0. The van der Waals surface area contributed by atoms with Crippen LogP contribution in [-0.2, 0) is 6.42 Å². The van der Waals surface area contributed by atoms with Gasteiger partial charge in [0, 0.05) is 0 Å². The first kappa shape index (κ1) is 17.7. The van der Waals surface area contributed by atoms with Crippen molar-refractivity contribution in [1.29, 1.82) is 0 Å². The maximum absolute atomic E-state index is 2.28. The van der Waals surface area contributed by atoms with Crippen LogP contribution in [0, 0.1) is 0 Å². The Kier molecular flexibility index (Phi) is 5.77. The van der Waals surface area contributed by atoms with Gasteiger partial charge in [0.25, 0.3) is 0 Å². The molecule has 0 N–H and O–H groups in total. The molecule has 4 aromatic rings. The first-order chi connectivity index (χ1) is 13.4. The van der Waals surface area contributed by atoms with Crippen molar-refractivity contribution < 1.29 is 0 Å². The molecular formula is C26H23P. The molecule has 4 aromatic carbocycles. The van der Waals surface area contributed by atoms with Crippen molar-refractivity contribution in [3.63, 3.8) is 0 Å². The van der Waals surface area contributed by atoms with Crippen molar-refractivity contribution >= 4 is 18.5 Å². The summed E-state index contributed by atoms with van der Waals surface area (Å²) in [7, 11) is -0.326. The third-order valence-electron chi connectivity index (χ3n) is 4.82. The van der Waals surface area contributed by atoms with E-state index >= 15 is 0 Å². The fraction of sp³-hybridized carbons (Fsp3) is 0.0769. The predicted octanol–water partition coefficient (Wildman–Crippen LogP) is 6.03. The summed E-state index contributed by atoms with van der Waals surface area (Å²) in [6.07, 6.45) is 2.28. The fourth-order valence-corrected chi connectivity index (χ4v) is 5.72. The Morgan fingerprint density at radius 3 is 1.41 bits per heavy atom. The van der Waals surface area contributed by atoms with Crippen molar-refractivity contribution in [2.45, 2.75) is 6.42 Å². The van der Waals surface area contributed by atoms with E-state index in [1.165, 1.54) is 33.5 Å². The van der Waals surface area contributed by atoms with Crippen LogP contribution in [0.15, 0.2) is 115 Å². The van der Waals surface area contributed by atoms with E-state index in [-0.39, 0.29) is 7.92 Å². The first-order valence-corrected chi connectivity index (χ1v) is 10.9. The second-order valence-corrected chi connectivity index (χ2v) is 8.97. The lowest BCUT2D eigenvalue weighted by Gasteiger charge is -2.19. The number of hydrogen-bond donors (Lipinski definition) is 0. The highest BCUT2D eigenvalue weighted by Gasteiger charge is 2.13. The molecule has 0 atom stereocenters. The van der Waals surface area contributed by atoms with Crippen LogP contribution in [0.25, 0.3) is 11.1 Å². The van der Waals surface area contributed by atoms with E-state index in [2.05, 4.69) is 115 Å². The zero-order valence-corrected chi connectivity index (χ0v) is 16.2. The number of hydrogen-bond acceptors (Lipinski definition) is 0. The summed E-state index contributed by atoms with van der Waals surface area (Å²) in [6, 6.07) is 41.6. The van der Waals surface area contributed by atoms with Gasteiger partial charge in [0.15, 0.2) is 0 Å². The van der Waals surface area contributed by atoms with Gasteiger partial charge in [-0.15, -0.1) is 0 Å². The lowest BCUT2D eigenvalue weighted by molar-refractivity contribution is 1.15. The Morgan fingerprint density at radius 1 is 0.444 bits per heavy atom. The molecule has 0 spiro atoms. The molecule has 0 unspecified atom stereocenters. The standard InChI is InChI=1S/C26H23P/c1-4-10-23(11-5-1)24-18-16-22(17-19-24)20-21-27(25-12-6-2-7-13-25)26-14-8-3-9-15-26/h1-19H,20-21H2. The number of benzene rings is 4. The normalized spacial score (nSPS) is 10.9. The minimum absolute atomic E-state index is 0.326. The molecule has 0 aliphatic rings. The molecule has 0 fully saturated rings. The van der Waals surface area contributed by atoms with E-state index in [0.717, 1.165) is 6.42 Å². The molecule has 1 heteroatoms. The second-order valence-electron chi connectivity index (χ2n) is 6.64. The topological polar surface area (TPSA) is 0 Å². The van der Waals surface area contributed by atoms with E-state index in [9.17, 15) is 0 Å². The molecule has 0 saturated heterocycles. The van der Waals surface area contributed by atoms with Crippen molar-refractivity contribution in [3.05, 3.63) is 121 Å². The van der Waals surface area contributed by atoms with Crippen molar-refractivity contribution in [2.24, 2.45) is 0 Å². The molecule has 0 aliphatic heterocycles. The van der Waals surface area contributed by atoms with Crippen LogP contribution in [0.5, 0.6) is 0 Å². The highest BCUT2D eigenvalue weighted by atomic mass is 31.1. The quantitative estimate of drug-likeness (QED) is 0.366. The molecule has 4 rings (SSSR count). The van der Waals surface area contributed by atoms with Gasteiger partial charge in [-0.25, -0.2) is 0 Å². The second kappa shape index (κ2) is 8.80. The highest BCUT2D eigenvalue weighted by Crippen LogP contribution is 2.34. The van der Waals surface area contributed by atoms with Gasteiger partial charge in [-0.05, 0) is 47.8 Å². The van der Waals surface area contributed by atoms with Gasteiger partial charge in [-0.3, -0.25) is 0 Å². The zero-order chi connectivity index (χ0) is 18.3. The van der Waals surface area contributed by atoms with E-state index in [1.54, 1.807) is 0 Å². The SMILES string of the molecule is c1ccc(-c2ccc(CCP(c3ccccc3)c3ccccc3)cc2)cc1. The molecule has 0 bridgehead atoms. The van der Waals surface area contributed by atoms with Crippen LogP contribution in [0.3, 0.4) is 0 Å². The average molecular weight is 366 g/mol. The van der Waals surface area contributed by atoms with Crippen molar-refractivity contribution in [2.75, 3.05) is 6.16 Å². The van der Waals surface area contributed by atoms with Crippen LogP contribution in [0.1, 0.15) is 5.56 Å². The summed E-state index contributed by atoms with van der Waals surface area (Å²) in [5.41, 5.74) is 3.97. The summed E-state index contributed by atoms with van der Waals surface area (Å²) in [5, 5.41) is 2.92. The Balaban J connectivity index is 1.51. The lowest BCUT2D eigenvalue weighted by atomic mass is 10.0. The maximum Gasteiger partial charge on any atom is -0.0184 e. The molecule has 0 nitrogen and oxygen atoms in total. The molecular weight excluding hydrogens is 343 g/mol. The molecule has 132 valence electrons. The van der Waals surface area contributed by atoms with E-state index in [1.807, 2.05) is 0 Å². The fourth-order valence-electron chi connectivity index (χ4n) is 3.36. The number of aryl methyl sites for hydroxylation is 1. The minimum Gasteiger partial charge on any atom is -0.0622 e. The van der Waals surface area contributed by atoms with Crippen LogP contribution in [0.4, 0.5) is 0 Å². The minimum atomic E-state index is -0.326. The lowest BCUT2D eigenvalue weighted by Crippen LogP contribution is -2.14. The van der Waals surface area contributed by atoms with Gasteiger partial charge in [-0.1, -0.05) is 115 Å². The third-order valence-corrected chi connectivity index (χ3v) is 7.33. The first-order valence-electron chi connectivity index (χ1n) is 9.42. The molecule has 0 aromatic heterocycles. The monoisotopic (exact) mass is 366 g/mol. The summed E-state index contributed by atoms with van der Waals surface area (Å²) in [5.74, 6) is 0. The van der Waals surface area contributed by atoms with Gasteiger partial charge >= 0.3 is 0 Å². The molecule has 0 heterocycles. The van der Waals surface area contributed by atoms with Gasteiger partial charge in [0.1, 0.15) is 0 Å². The Morgan fingerprint density at radius 2 is 0.889 bits per heavy atom. The molecule has 0 amide bonds. The van der Waals surface area contributed by atoms with Gasteiger partial charge in [0.05, 0.1) is 0 Å². The molecule has 27 heavy (non-hydrogen) atoms. The van der Waals surface area contributed by atoms with E-state index in [4.69, 9.17) is 0 Å². The molecule has 0 radical (unpaired) electrons.